The van der Waals surface area contributed by atoms with E-state index in [2.05, 4.69) is 0 Å². The Bertz CT molecular complexity index is 1230. The summed E-state index contributed by atoms with van der Waals surface area (Å²) < 4.78 is 12.0. The second-order valence-electron chi connectivity index (χ2n) is 8.89. The average molecular weight is 497 g/mol. The minimum absolute atomic E-state index is 0.0381. The third-order valence-corrected chi connectivity index (χ3v) is 7.64. The van der Waals surface area contributed by atoms with Gasteiger partial charge in [0.05, 0.1) is 34.9 Å². The number of rotatable bonds is 7. The number of carbonyl (C=O) groups is 1. The number of thiazole rings is 1. The normalized spacial score (nSPS) is 18.1. The first-order valence-corrected chi connectivity index (χ1v) is 12.8. The van der Waals surface area contributed by atoms with Crippen molar-refractivity contribution in [1.82, 2.24) is 4.98 Å². The maximum atomic E-state index is 13.8. The van der Waals surface area contributed by atoms with Crippen LogP contribution in [0.15, 0.2) is 36.4 Å². The van der Waals surface area contributed by atoms with E-state index in [4.69, 9.17) is 14.5 Å². The number of anilines is 2. The van der Waals surface area contributed by atoms with Crippen molar-refractivity contribution >= 4 is 44.0 Å². The number of carbonyl (C=O) groups excluding carboxylic acids is 1. The van der Waals surface area contributed by atoms with Crippen molar-refractivity contribution < 1.29 is 19.2 Å². The fraction of sp³-hybridized carbons (Fsp3) is 0.440. The summed E-state index contributed by atoms with van der Waals surface area (Å²) in [6.07, 6.45) is 4.86. The quantitative estimate of drug-likeness (QED) is 0.334. The largest absolute Gasteiger partial charge is 0.497 e. The third kappa shape index (κ3) is 4.94. The minimum atomic E-state index is -0.394. The van der Waals surface area contributed by atoms with E-state index in [9.17, 15) is 14.9 Å². The van der Waals surface area contributed by atoms with Crippen molar-refractivity contribution in [3.8, 4) is 5.75 Å². The van der Waals surface area contributed by atoms with Gasteiger partial charge in [0.1, 0.15) is 11.4 Å². The molecule has 2 fully saturated rings. The van der Waals surface area contributed by atoms with Gasteiger partial charge in [-0.3, -0.25) is 19.8 Å². The Morgan fingerprint density at radius 2 is 2.06 bits per heavy atom. The van der Waals surface area contributed by atoms with Crippen LogP contribution in [0, 0.1) is 10.1 Å². The minimum Gasteiger partial charge on any atom is -0.497 e. The molecule has 3 aromatic rings. The summed E-state index contributed by atoms with van der Waals surface area (Å²) in [6.45, 7) is 2.58. The SMILES string of the molecule is COc1ccc2sc(N(CC3CCCO3)C(=O)c3ccc(N4CCCCC4)c([N+](=O)[O-])c3)nc2c1. The fourth-order valence-electron chi connectivity index (χ4n) is 4.74. The van der Waals surface area contributed by atoms with Crippen molar-refractivity contribution in [3.05, 3.63) is 52.1 Å². The molecular formula is C25H28N4O5S. The standard InChI is InChI=1S/C25H28N4O5S/c1-33-18-8-10-23-20(15-18)26-25(35-23)28(16-19-6-5-13-34-19)24(30)17-7-9-21(22(14-17)29(31)32)27-11-3-2-4-12-27/h7-10,14-15,19H,2-6,11-13,16H2,1H3. The van der Waals surface area contributed by atoms with E-state index in [1.807, 2.05) is 23.1 Å². The molecule has 3 heterocycles. The van der Waals surface area contributed by atoms with Crippen molar-refractivity contribution in [2.24, 2.45) is 0 Å². The van der Waals surface area contributed by atoms with Gasteiger partial charge in [-0.1, -0.05) is 11.3 Å². The molecule has 2 aliphatic rings. The molecule has 1 amide bonds. The molecule has 0 spiro atoms. The molecule has 0 bridgehead atoms. The lowest BCUT2D eigenvalue weighted by atomic mass is 10.1. The zero-order valence-electron chi connectivity index (χ0n) is 19.6. The summed E-state index contributed by atoms with van der Waals surface area (Å²) in [6, 6.07) is 10.4. The Kier molecular flexibility index (Phi) is 6.83. The number of nitro benzene ring substituents is 1. The van der Waals surface area contributed by atoms with Crippen LogP contribution in [0.5, 0.6) is 5.75 Å². The molecule has 0 radical (unpaired) electrons. The number of aromatic nitrogens is 1. The summed E-state index contributed by atoms with van der Waals surface area (Å²) in [5.74, 6) is 0.370. The van der Waals surface area contributed by atoms with E-state index in [1.54, 1.807) is 24.1 Å². The van der Waals surface area contributed by atoms with Crippen molar-refractivity contribution in [3.63, 3.8) is 0 Å². The van der Waals surface area contributed by atoms with Crippen LogP contribution in [0.2, 0.25) is 0 Å². The van der Waals surface area contributed by atoms with Crippen molar-refractivity contribution in [1.29, 1.82) is 0 Å². The highest BCUT2D eigenvalue weighted by Gasteiger charge is 2.29. The van der Waals surface area contributed by atoms with Gasteiger partial charge in [-0.2, -0.15) is 0 Å². The molecule has 0 N–H and O–H groups in total. The number of fused-ring (bicyclic) bond motifs is 1. The van der Waals surface area contributed by atoms with Crippen LogP contribution < -0.4 is 14.5 Å². The Morgan fingerprint density at radius 3 is 2.77 bits per heavy atom. The average Bonchev–Trinajstić information content (AvgIpc) is 3.56. The van der Waals surface area contributed by atoms with Crippen LogP contribution in [0.3, 0.4) is 0 Å². The monoisotopic (exact) mass is 496 g/mol. The highest BCUT2D eigenvalue weighted by atomic mass is 32.1. The molecule has 9 nitrogen and oxygen atoms in total. The van der Waals surface area contributed by atoms with Gasteiger partial charge in [-0.25, -0.2) is 4.98 Å². The number of hydrogen-bond acceptors (Lipinski definition) is 8. The summed E-state index contributed by atoms with van der Waals surface area (Å²) in [5.41, 5.74) is 1.54. The van der Waals surface area contributed by atoms with E-state index in [-0.39, 0.29) is 23.3 Å². The smallest absolute Gasteiger partial charge is 0.293 e. The highest BCUT2D eigenvalue weighted by molar-refractivity contribution is 7.22. The second-order valence-corrected chi connectivity index (χ2v) is 9.90. The predicted molar refractivity (Wildman–Crippen MR) is 136 cm³/mol. The molecule has 0 aliphatic carbocycles. The van der Waals surface area contributed by atoms with Gasteiger partial charge in [0.25, 0.3) is 11.6 Å². The number of nitro groups is 1. The molecule has 2 saturated heterocycles. The van der Waals surface area contributed by atoms with Crippen LogP contribution in [0.25, 0.3) is 10.2 Å². The van der Waals surface area contributed by atoms with E-state index in [1.165, 1.54) is 17.4 Å². The number of benzene rings is 2. The van der Waals surface area contributed by atoms with Crippen LogP contribution in [0.4, 0.5) is 16.5 Å². The number of hydrogen-bond donors (Lipinski definition) is 0. The molecular weight excluding hydrogens is 468 g/mol. The maximum absolute atomic E-state index is 13.8. The van der Waals surface area contributed by atoms with Gasteiger partial charge in [0.15, 0.2) is 5.13 Å². The Labute approximate surface area is 207 Å². The van der Waals surface area contributed by atoms with Crippen molar-refractivity contribution in [2.45, 2.75) is 38.2 Å². The molecule has 5 rings (SSSR count). The first-order chi connectivity index (χ1) is 17.0. The molecule has 1 atom stereocenters. The molecule has 2 aromatic carbocycles. The van der Waals surface area contributed by atoms with Crippen LogP contribution in [-0.2, 0) is 4.74 Å². The predicted octanol–water partition coefficient (Wildman–Crippen LogP) is 5.03. The van der Waals surface area contributed by atoms with E-state index in [0.29, 0.717) is 29.7 Å². The van der Waals surface area contributed by atoms with Gasteiger partial charge in [-0.15, -0.1) is 0 Å². The van der Waals surface area contributed by atoms with E-state index in [0.717, 1.165) is 55.4 Å². The molecule has 184 valence electrons. The third-order valence-electron chi connectivity index (χ3n) is 6.59. The lowest BCUT2D eigenvalue weighted by Gasteiger charge is -2.28. The molecule has 1 unspecified atom stereocenters. The Hall–Kier alpha value is -3.24. The van der Waals surface area contributed by atoms with Gasteiger partial charge >= 0.3 is 0 Å². The molecule has 1 aromatic heterocycles. The van der Waals surface area contributed by atoms with Gasteiger partial charge in [0, 0.05) is 37.4 Å². The van der Waals surface area contributed by atoms with Gasteiger partial charge in [-0.05, 0) is 56.4 Å². The summed E-state index contributed by atoms with van der Waals surface area (Å²) in [4.78, 5) is 33.7. The summed E-state index contributed by atoms with van der Waals surface area (Å²) in [5, 5.41) is 12.5. The van der Waals surface area contributed by atoms with E-state index < -0.39 is 4.92 Å². The number of nitrogens with zero attached hydrogens (tertiary/aromatic N) is 4. The second kappa shape index (κ2) is 10.2. The first kappa shape index (κ1) is 23.5. The van der Waals surface area contributed by atoms with Gasteiger partial charge in [0.2, 0.25) is 0 Å². The molecule has 0 saturated carbocycles. The Morgan fingerprint density at radius 1 is 1.23 bits per heavy atom. The maximum Gasteiger partial charge on any atom is 0.293 e. The van der Waals surface area contributed by atoms with Gasteiger partial charge < -0.3 is 14.4 Å². The zero-order chi connectivity index (χ0) is 24.4. The van der Waals surface area contributed by atoms with E-state index >= 15 is 0 Å². The number of ether oxygens (including phenoxy) is 2. The lowest BCUT2D eigenvalue weighted by Crippen LogP contribution is -2.37. The van der Waals surface area contributed by atoms with Crippen LogP contribution >= 0.6 is 11.3 Å². The number of piperidine rings is 1. The first-order valence-electron chi connectivity index (χ1n) is 11.9. The summed E-state index contributed by atoms with van der Waals surface area (Å²) in [7, 11) is 1.60. The highest BCUT2D eigenvalue weighted by Crippen LogP contribution is 2.35. The number of methoxy groups -OCH3 is 1. The molecule has 35 heavy (non-hydrogen) atoms. The lowest BCUT2D eigenvalue weighted by molar-refractivity contribution is -0.384. The van der Waals surface area contributed by atoms with Crippen LogP contribution in [-0.4, -0.2) is 55.3 Å². The molecule has 2 aliphatic heterocycles. The van der Waals surface area contributed by atoms with Crippen LogP contribution in [0.1, 0.15) is 42.5 Å². The fourth-order valence-corrected chi connectivity index (χ4v) is 5.69. The Balaban J connectivity index is 1.50. The van der Waals surface area contributed by atoms with Crippen molar-refractivity contribution in [2.75, 3.05) is 43.2 Å². The number of amides is 1. The zero-order valence-corrected chi connectivity index (χ0v) is 20.5. The summed E-state index contributed by atoms with van der Waals surface area (Å²) >= 11 is 1.41. The molecule has 10 heteroatoms. The topological polar surface area (TPSA) is 98.0 Å².